The number of rotatable bonds is 5. The number of aliphatic imine (C=N–C) groups is 1. The summed E-state index contributed by atoms with van der Waals surface area (Å²) in [5.41, 5.74) is 6.95. The van der Waals surface area contributed by atoms with Crippen molar-refractivity contribution in [3.8, 4) is 5.75 Å². The van der Waals surface area contributed by atoms with E-state index in [4.69, 9.17) is 9.73 Å². The molecule has 0 radical (unpaired) electrons. The van der Waals surface area contributed by atoms with Crippen molar-refractivity contribution >= 4 is 39.6 Å². The summed E-state index contributed by atoms with van der Waals surface area (Å²) in [5, 5.41) is 3.81. The molecule has 0 spiro atoms. The first-order valence-electron chi connectivity index (χ1n) is 11.5. The van der Waals surface area contributed by atoms with Gasteiger partial charge >= 0.3 is 0 Å². The molecule has 1 aliphatic carbocycles. The number of aryl methyl sites for hydroxylation is 3. The fourth-order valence-electron chi connectivity index (χ4n) is 4.68. The van der Waals surface area contributed by atoms with E-state index in [2.05, 4.69) is 5.32 Å². The van der Waals surface area contributed by atoms with Gasteiger partial charge in [-0.05, 0) is 74.6 Å². The van der Waals surface area contributed by atoms with E-state index in [0.717, 1.165) is 63.7 Å². The van der Waals surface area contributed by atoms with Gasteiger partial charge in [0.15, 0.2) is 0 Å². The molecule has 1 aliphatic heterocycles. The summed E-state index contributed by atoms with van der Waals surface area (Å²) in [6, 6.07) is 13.7. The second-order valence-electron chi connectivity index (χ2n) is 8.78. The zero-order valence-electron chi connectivity index (χ0n) is 19.6. The van der Waals surface area contributed by atoms with E-state index in [1.54, 1.807) is 23.3 Å². The molecule has 3 aromatic rings. The Morgan fingerprint density at radius 1 is 1.15 bits per heavy atom. The average molecular weight is 474 g/mol. The van der Waals surface area contributed by atoms with Crippen LogP contribution < -0.4 is 15.0 Å². The molecular weight excluding hydrogens is 446 g/mol. The molecule has 0 fully saturated rings. The molecule has 2 aromatic carbocycles. The van der Waals surface area contributed by atoms with E-state index in [-0.39, 0.29) is 24.9 Å². The number of nitrogens with zero attached hydrogens (tertiary/aromatic N) is 2. The second-order valence-corrected chi connectivity index (χ2v) is 9.86. The standard InChI is InChI=1S/C27H27N3O3S/c1-16-7-12-21(17(2)13-16)29-23(31)15-30-24(32)14-28-26(18-8-10-19(33-3)11-9-18)25-20-5-4-6-22(20)34-27(25)30/h7-13H,4-6,14-15H2,1-3H3,(H,29,31). The van der Waals surface area contributed by atoms with Crippen LogP contribution in [0, 0.1) is 13.8 Å². The Balaban J connectivity index is 1.49. The number of hydrogen-bond donors (Lipinski definition) is 1. The number of hydrogen-bond acceptors (Lipinski definition) is 5. The molecule has 2 heterocycles. The number of nitrogens with one attached hydrogen (secondary N) is 1. The number of thiophene rings is 1. The summed E-state index contributed by atoms with van der Waals surface area (Å²) < 4.78 is 5.31. The summed E-state index contributed by atoms with van der Waals surface area (Å²) in [7, 11) is 1.64. The molecule has 5 rings (SSSR count). The molecule has 0 unspecified atom stereocenters. The SMILES string of the molecule is COc1ccc(C2=NCC(=O)N(CC(=O)Nc3ccc(C)cc3C)c3sc4c(c32)CCC4)cc1. The maximum absolute atomic E-state index is 13.2. The Morgan fingerprint density at radius 3 is 2.68 bits per heavy atom. The maximum atomic E-state index is 13.2. The van der Waals surface area contributed by atoms with Gasteiger partial charge in [-0.3, -0.25) is 19.5 Å². The van der Waals surface area contributed by atoms with Crippen molar-refractivity contribution in [3.63, 3.8) is 0 Å². The Hall–Kier alpha value is -3.45. The van der Waals surface area contributed by atoms with Gasteiger partial charge in [0.2, 0.25) is 11.8 Å². The topological polar surface area (TPSA) is 71.0 Å². The van der Waals surface area contributed by atoms with Gasteiger partial charge in [-0.2, -0.15) is 0 Å². The van der Waals surface area contributed by atoms with Crippen LogP contribution in [0.25, 0.3) is 0 Å². The van der Waals surface area contributed by atoms with Gasteiger partial charge in [-0.15, -0.1) is 11.3 Å². The van der Waals surface area contributed by atoms with E-state index in [0.29, 0.717) is 0 Å². The third-order valence-corrected chi connectivity index (χ3v) is 7.69. The summed E-state index contributed by atoms with van der Waals surface area (Å²) in [5.74, 6) is 0.391. The van der Waals surface area contributed by atoms with Crippen LogP contribution in [-0.2, 0) is 22.4 Å². The monoisotopic (exact) mass is 473 g/mol. The van der Waals surface area contributed by atoms with Crippen molar-refractivity contribution in [1.82, 2.24) is 0 Å². The van der Waals surface area contributed by atoms with Gasteiger partial charge in [0.25, 0.3) is 0 Å². The van der Waals surface area contributed by atoms with Crippen molar-refractivity contribution in [2.45, 2.75) is 33.1 Å². The fraction of sp³-hybridized carbons (Fsp3) is 0.296. The van der Waals surface area contributed by atoms with Crippen LogP contribution in [0.2, 0.25) is 0 Å². The molecule has 7 heteroatoms. The fourth-order valence-corrected chi connectivity index (χ4v) is 6.09. The first-order chi connectivity index (χ1) is 16.4. The highest BCUT2D eigenvalue weighted by atomic mass is 32.1. The van der Waals surface area contributed by atoms with E-state index in [1.807, 2.05) is 56.3 Å². The molecule has 0 bridgehead atoms. The third-order valence-electron chi connectivity index (χ3n) is 6.38. The highest BCUT2D eigenvalue weighted by Gasteiger charge is 2.34. The Kier molecular flexibility index (Phi) is 5.96. The largest absolute Gasteiger partial charge is 0.497 e. The lowest BCUT2D eigenvalue weighted by Crippen LogP contribution is -2.38. The van der Waals surface area contributed by atoms with Crippen LogP contribution >= 0.6 is 11.3 Å². The highest BCUT2D eigenvalue weighted by molar-refractivity contribution is 7.17. The summed E-state index contributed by atoms with van der Waals surface area (Å²) >= 11 is 1.63. The van der Waals surface area contributed by atoms with Gasteiger partial charge in [-0.25, -0.2) is 0 Å². The number of carbonyl (C=O) groups is 2. The quantitative estimate of drug-likeness (QED) is 0.585. The maximum Gasteiger partial charge on any atom is 0.249 e. The molecular formula is C27H27N3O3S. The van der Waals surface area contributed by atoms with Crippen molar-refractivity contribution in [3.05, 3.63) is 75.2 Å². The van der Waals surface area contributed by atoms with Gasteiger partial charge in [0, 0.05) is 21.7 Å². The predicted molar refractivity (Wildman–Crippen MR) is 137 cm³/mol. The number of methoxy groups -OCH3 is 1. The number of ether oxygens (including phenoxy) is 1. The van der Waals surface area contributed by atoms with Gasteiger partial charge in [-0.1, -0.05) is 17.7 Å². The Bertz CT molecular complexity index is 1310. The number of anilines is 2. The minimum absolute atomic E-state index is 0.00831. The number of benzene rings is 2. The minimum atomic E-state index is -0.215. The zero-order chi connectivity index (χ0) is 23.8. The minimum Gasteiger partial charge on any atom is -0.497 e. The van der Waals surface area contributed by atoms with Gasteiger partial charge in [0.05, 0.1) is 12.8 Å². The summed E-state index contributed by atoms with van der Waals surface area (Å²) in [6.07, 6.45) is 3.07. The van der Waals surface area contributed by atoms with E-state index < -0.39 is 0 Å². The Labute approximate surface area is 203 Å². The molecule has 6 nitrogen and oxygen atoms in total. The molecule has 0 saturated heterocycles. The smallest absolute Gasteiger partial charge is 0.249 e. The molecule has 1 N–H and O–H groups in total. The highest BCUT2D eigenvalue weighted by Crippen LogP contribution is 2.43. The lowest BCUT2D eigenvalue weighted by Gasteiger charge is -2.21. The molecule has 0 atom stereocenters. The van der Waals surface area contributed by atoms with Crippen molar-refractivity contribution < 1.29 is 14.3 Å². The van der Waals surface area contributed by atoms with Crippen molar-refractivity contribution in [2.75, 3.05) is 30.4 Å². The number of amides is 2. The van der Waals surface area contributed by atoms with E-state index >= 15 is 0 Å². The van der Waals surface area contributed by atoms with Crippen molar-refractivity contribution in [1.29, 1.82) is 0 Å². The second kappa shape index (κ2) is 9.06. The normalized spacial score (nSPS) is 14.9. The molecule has 2 aliphatic rings. The predicted octanol–water partition coefficient (Wildman–Crippen LogP) is 4.68. The van der Waals surface area contributed by atoms with E-state index in [1.165, 1.54) is 10.4 Å². The molecule has 174 valence electrons. The summed E-state index contributed by atoms with van der Waals surface area (Å²) in [6.45, 7) is 3.96. The van der Waals surface area contributed by atoms with Crippen LogP contribution in [0.15, 0.2) is 47.5 Å². The van der Waals surface area contributed by atoms with Crippen molar-refractivity contribution in [2.24, 2.45) is 4.99 Å². The molecule has 34 heavy (non-hydrogen) atoms. The number of carbonyl (C=O) groups excluding carboxylic acids is 2. The first-order valence-corrected chi connectivity index (χ1v) is 12.3. The molecule has 1 aromatic heterocycles. The Morgan fingerprint density at radius 2 is 1.94 bits per heavy atom. The summed E-state index contributed by atoms with van der Waals surface area (Å²) in [4.78, 5) is 33.9. The third kappa shape index (κ3) is 4.12. The van der Waals surface area contributed by atoms with Crippen LogP contribution in [0.3, 0.4) is 0 Å². The van der Waals surface area contributed by atoms with Gasteiger partial charge < -0.3 is 10.1 Å². The molecule has 0 saturated carbocycles. The van der Waals surface area contributed by atoms with Gasteiger partial charge in [0.1, 0.15) is 23.8 Å². The number of fused-ring (bicyclic) bond motifs is 3. The van der Waals surface area contributed by atoms with E-state index in [9.17, 15) is 9.59 Å². The van der Waals surface area contributed by atoms with Crippen LogP contribution in [0.4, 0.5) is 10.7 Å². The lowest BCUT2D eigenvalue weighted by molar-refractivity contribution is -0.120. The first kappa shape index (κ1) is 22.3. The lowest BCUT2D eigenvalue weighted by atomic mass is 9.99. The van der Waals surface area contributed by atoms with Crippen LogP contribution in [0.1, 0.15) is 39.1 Å². The zero-order valence-corrected chi connectivity index (χ0v) is 20.4. The average Bonchev–Trinajstić information content (AvgIpc) is 3.39. The van der Waals surface area contributed by atoms with Crippen LogP contribution in [-0.4, -0.2) is 37.7 Å². The molecule has 2 amide bonds. The van der Waals surface area contributed by atoms with Crippen LogP contribution in [0.5, 0.6) is 5.75 Å².